The minimum absolute atomic E-state index is 0.261. The standard InChI is InChI=1S/C26H28N2O3P/c1-3-31-26(29)25(22-13-7-4-8-14-22)21(2)32(30)27(23-15-9-5-10-16-23)19-20-28(32)24-17-11-6-12-18-24/h4-18,25,30H,2-3,19-20H2,1H3/q+1. The van der Waals surface area contributed by atoms with E-state index in [2.05, 4.69) is 6.58 Å². The summed E-state index contributed by atoms with van der Waals surface area (Å²) in [7, 11) is -3.20. The van der Waals surface area contributed by atoms with E-state index in [0.29, 0.717) is 18.4 Å². The van der Waals surface area contributed by atoms with Crippen molar-refractivity contribution in [1.82, 2.24) is 0 Å². The van der Waals surface area contributed by atoms with Gasteiger partial charge in [-0.1, -0.05) is 73.3 Å². The van der Waals surface area contributed by atoms with Gasteiger partial charge in [0.1, 0.15) is 5.92 Å². The van der Waals surface area contributed by atoms with Crippen molar-refractivity contribution in [2.75, 3.05) is 29.0 Å². The largest absolute Gasteiger partial charge is 0.465 e. The molecule has 1 atom stereocenters. The molecule has 1 saturated heterocycles. The lowest BCUT2D eigenvalue weighted by Gasteiger charge is -2.34. The van der Waals surface area contributed by atoms with Crippen LogP contribution >= 0.6 is 7.79 Å². The van der Waals surface area contributed by atoms with Crippen molar-refractivity contribution in [3.63, 3.8) is 0 Å². The van der Waals surface area contributed by atoms with Gasteiger partial charge in [-0.2, -0.15) is 14.2 Å². The van der Waals surface area contributed by atoms with Gasteiger partial charge in [-0.25, -0.2) is 0 Å². The van der Waals surface area contributed by atoms with E-state index in [1.807, 2.05) is 100 Å². The number of hydrogen-bond donors (Lipinski definition) is 1. The third-order valence-corrected chi connectivity index (χ3v) is 8.92. The van der Waals surface area contributed by atoms with Crippen molar-refractivity contribution < 1.29 is 14.4 Å². The molecule has 1 aliphatic heterocycles. The number of anilines is 2. The smallest absolute Gasteiger partial charge is 0.363 e. The molecule has 3 aromatic carbocycles. The summed E-state index contributed by atoms with van der Waals surface area (Å²) in [5.74, 6) is -1.17. The van der Waals surface area contributed by atoms with Crippen LogP contribution < -0.4 is 9.34 Å². The van der Waals surface area contributed by atoms with Crippen LogP contribution in [0.2, 0.25) is 0 Å². The number of carbonyl (C=O) groups is 1. The molecule has 1 heterocycles. The van der Waals surface area contributed by atoms with Gasteiger partial charge < -0.3 is 4.74 Å². The number of nitrogens with zero attached hydrogens (tertiary/aromatic N) is 2. The molecule has 1 unspecified atom stereocenters. The average molecular weight is 447 g/mol. The Morgan fingerprint density at radius 1 is 0.906 bits per heavy atom. The quantitative estimate of drug-likeness (QED) is 0.376. The van der Waals surface area contributed by atoms with Crippen LogP contribution in [-0.4, -0.2) is 30.6 Å². The fourth-order valence-electron chi connectivity index (χ4n) is 4.20. The lowest BCUT2D eigenvalue weighted by atomic mass is 9.99. The summed E-state index contributed by atoms with van der Waals surface area (Å²) >= 11 is 0. The second kappa shape index (κ2) is 9.56. The first kappa shape index (κ1) is 22.1. The predicted molar refractivity (Wildman–Crippen MR) is 132 cm³/mol. The van der Waals surface area contributed by atoms with Gasteiger partial charge in [0, 0.05) is 0 Å². The molecule has 6 heteroatoms. The summed E-state index contributed by atoms with van der Waals surface area (Å²) in [6.45, 7) is 7.64. The second-order valence-corrected chi connectivity index (χ2v) is 10.2. The Morgan fingerprint density at radius 2 is 1.34 bits per heavy atom. The molecule has 0 spiro atoms. The van der Waals surface area contributed by atoms with Crippen LogP contribution in [0.4, 0.5) is 11.4 Å². The Balaban J connectivity index is 1.84. The van der Waals surface area contributed by atoms with Crippen molar-refractivity contribution in [2.45, 2.75) is 12.8 Å². The van der Waals surface area contributed by atoms with Crippen molar-refractivity contribution in [2.24, 2.45) is 0 Å². The number of para-hydroxylation sites is 2. The van der Waals surface area contributed by atoms with Crippen molar-refractivity contribution in [3.05, 3.63) is 108 Å². The molecule has 4 rings (SSSR count). The zero-order valence-corrected chi connectivity index (χ0v) is 19.1. The summed E-state index contributed by atoms with van der Waals surface area (Å²) < 4.78 is 9.46. The summed E-state index contributed by atoms with van der Waals surface area (Å²) in [5.41, 5.74) is 2.56. The molecule has 1 aliphatic rings. The fraction of sp³-hybridized carbons (Fsp3) is 0.192. The normalized spacial score (nSPS) is 15.9. The first-order valence-corrected chi connectivity index (χ1v) is 12.4. The van der Waals surface area contributed by atoms with E-state index < -0.39 is 19.7 Å². The first-order chi connectivity index (χ1) is 15.6. The van der Waals surface area contributed by atoms with Gasteiger partial charge >= 0.3 is 13.8 Å². The van der Waals surface area contributed by atoms with Crippen molar-refractivity contribution >= 4 is 25.1 Å². The first-order valence-electron chi connectivity index (χ1n) is 10.8. The topological polar surface area (TPSA) is 53.0 Å². The molecule has 3 aromatic rings. The Bertz CT molecular complexity index is 1010. The Hall–Kier alpha value is -3.14. The molecule has 0 radical (unpaired) electrons. The number of rotatable bonds is 7. The van der Waals surface area contributed by atoms with Crippen molar-refractivity contribution in [1.29, 1.82) is 0 Å². The maximum Gasteiger partial charge on any atom is 0.363 e. The van der Waals surface area contributed by atoms with Gasteiger partial charge in [-0.3, -0.25) is 4.79 Å². The van der Waals surface area contributed by atoms with Crippen LogP contribution in [0.1, 0.15) is 18.4 Å². The van der Waals surface area contributed by atoms with Crippen molar-refractivity contribution in [3.8, 4) is 0 Å². The van der Waals surface area contributed by atoms with Crippen LogP contribution in [0, 0.1) is 0 Å². The molecule has 0 saturated carbocycles. The monoisotopic (exact) mass is 447 g/mol. The molecular formula is C26H28N2O3P+. The van der Waals surface area contributed by atoms with E-state index in [9.17, 15) is 9.69 Å². The zero-order chi connectivity index (χ0) is 22.6. The molecule has 5 nitrogen and oxygen atoms in total. The maximum atomic E-state index is 13.2. The van der Waals surface area contributed by atoms with E-state index >= 15 is 0 Å². The highest BCUT2D eigenvalue weighted by molar-refractivity contribution is 7.77. The van der Waals surface area contributed by atoms with Gasteiger partial charge in [-0.05, 0) is 36.8 Å². The molecular weight excluding hydrogens is 419 g/mol. The summed E-state index contributed by atoms with van der Waals surface area (Å²) in [6.07, 6.45) is 0. The van der Waals surface area contributed by atoms with Crippen LogP contribution in [-0.2, 0) is 9.53 Å². The molecule has 0 aliphatic carbocycles. The van der Waals surface area contributed by atoms with E-state index in [1.165, 1.54) is 0 Å². The molecule has 0 amide bonds. The highest BCUT2D eigenvalue weighted by Gasteiger charge is 2.61. The van der Waals surface area contributed by atoms with E-state index in [1.54, 1.807) is 6.92 Å². The van der Waals surface area contributed by atoms with Gasteiger partial charge in [0.2, 0.25) is 0 Å². The minimum atomic E-state index is -3.20. The summed E-state index contributed by atoms with van der Waals surface area (Å²) in [4.78, 5) is 25.6. The van der Waals surface area contributed by atoms with Gasteiger partial charge in [0.15, 0.2) is 5.31 Å². The van der Waals surface area contributed by atoms with Crippen LogP contribution in [0.15, 0.2) is 103 Å². The van der Waals surface area contributed by atoms with Gasteiger partial charge in [-0.15, -0.1) is 0 Å². The SMILES string of the molecule is C=C(C(C(=O)OCC)c1ccccc1)[P+]1(O)N(c2ccccc2)CCN1c1ccccc1. The minimum Gasteiger partial charge on any atom is -0.465 e. The molecule has 0 aromatic heterocycles. The Labute approximate surface area is 190 Å². The zero-order valence-electron chi connectivity index (χ0n) is 18.2. The lowest BCUT2D eigenvalue weighted by molar-refractivity contribution is -0.143. The van der Waals surface area contributed by atoms with E-state index in [0.717, 1.165) is 16.9 Å². The van der Waals surface area contributed by atoms with Gasteiger partial charge in [0.05, 0.1) is 31.1 Å². The highest BCUT2D eigenvalue weighted by Crippen LogP contribution is 2.74. The Kier molecular flexibility index (Phi) is 6.59. The predicted octanol–water partition coefficient (Wildman–Crippen LogP) is 5.63. The maximum absolute atomic E-state index is 13.2. The van der Waals surface area contributed by atoms with Crippen LogP contribution in [0.25, 0.3) is 0 Å². The third kappa shape index (κ3) is 4.02. The van der Waals surface area contributed by atoms with Gasteiger partial charge in [0.25, 0.3) is 0 Å². The molecule has 1 fully saturated rings. The number of carbonyl (C=O) groups excluding carboxylic acids is 1. The molecule has 1 N–H and O–H groups in total. The van der Waals surface area contributed by atoms with Crippen LogP contribution in [0.3, 0.4) is 0 Å². The van der Waals surface area contributed by atoms with E-state index in [-0.39, 0.29) is 6.61 Å². The third-order valence-electron chi connectivity index (χ3n) is 5.68. The summed E-state index contributed by atoms with van der Waals surface area (Å²) in [6, 6.07) is 29.1. The second-order valence-electron chi connectivity index (χ2n) is 7.57. The van der Waals surface area contributed by atoms with E-state index in [4.69, 9.17) is 4.74 Å². The lowest BCUT2D eigenvalue weighted by Crippen LogP contribution is -2.30. The molecule has 32 heavy (non-hydrogen) atoms. The number of benzene rings is 3. The number of hydrogen-bond acceptors (Lipinski definition) is 5. The number of esters is 1. The van der Waals surface area contributed by atoms with Crippen LogP contribution in [0.5, 0.6) is 0 Å². The molecule has 0 bridgehead atoms. The average Bonchev–Trinajstić information content (AvgIpc) is 3.19. The molecule has 164 valence electrons. The summed E-state index contributed by atoms with van der Waals surface area (Å²) in [5, 5.41) is 0.465. The fourth-order valence-corrected chi connectivity index (χ4v) is 7.33. The Morgan fingerprint density at radius 3 is 1.78 bits per heavy atom. The number of ether oxygens (including phenoxy) is 1. The highest BCUT2D eigenvalue weighted by atomic mass is 31.2.